The molecular formula is C14H15FN2S. The van der Waals surface area contributed by atoms with Crippen LogP contribution in [0.5, 0.6) is 0 Å². The van der Waals surface area contributed by atoms with Gasteiger partial charge in [0.05, 0.1) is 10.7 Å². The number of fused-ring (bicyclic) bond motifs is 3. The summed E-state index contributed by atoms with van der Waals surface area (Å²) in [5, 5.41) is 1.10. The van der Waals surface area contributed by atoms with Gasteiger partial charge in [0.2, 0.25) is 0 Å². The minimum Gasteiger partial charge on any atom is -0.327 e. The number of rotatable bonds is 3. The third kappa shape index (κ3) is 1.95. The van der Waals surface area contributed by atoms with Crippen LogP contribution in [-0.2, 0) is 12.8 Å². The van der Waals surface area contributed by atoms with E-state index in [9.17, 15) is 4.39 Å². The summed E-state index contributed by atoms with van der Waals surface area (Å²) in [6.45, 7) is 2.09. The van der Waals surface area contributed by atoms with Gasteiger partial charge in [-0.25, -0.2) is 9.37 Å². The van der Waals surface area contributed by atoms with Gasteiger partial charge in [-0.05, 0) is 30.2 Å². The maximum atomic E-state index is 13.2. The molecule has 1 heterocycles. The average Bonchev–Trinajstić information content (AvgIpc) is 2.84. The van der Waals surface area contributed by atoms with Crippen LogP contribution in [0, 0.1) is 5.82 Å². The van der Waals surface area contributed by atoms with Crippen LogP contribution in [0.2, 0.25) is 0 Å². The lowest BCUT2D eigenvalue weighted by molar-refractivity contribution is 0.626. The standard InChI is InChI=1S/C14H15FN2S/c1-2-10(16)7-13-17-14-11-4-3-9(15)5-8(11)6-12(14)18-13/h3-5,10H,2,6-7,16H2,1H3. The zero-order valence-electron chi connectivity index (χ0n) is 10.2. The highest BCUT2D eigenvalue weighted by Crippen LogP contribution is 2.39. The van der Waals surface area contributed by atoms with E-state index in [0.29, 0.717) is 0 Å². The molecule has 2 N–H and O–H groups in total. The third-order valence-electron chi connectivity index (χ3n) is 3.38. The van der Waals surface area contributed by atoms with E-state index in [-0.39, 0.29) is 11.9 Å². The summed E-state index contributed by atoms with van der Waals surface area (Å²) >= 11 is 1.71. The first-order valence-corrected chi connectivity index (χ1v) is 7.02. The molecule has 0 bridgehead atoms. The van der Waals surface area contributed by atoms with Crippen molar-refractivity contribution in [2.24, 2.45) is 5.73 Å². The quantitative estimate of drug-likeness (QED) is 0.787. The largest absolute Gasteiger partial charge is 0.327 e. The van der Waals surface area contributed by atoms with Gasteiger partial charge in [0.15, 0.2) is 0 Å². The molecule has 2 nitrogen and oxygen atoms in total. The van der Waals surface area contributed by atoms with Crippen LogP contribution in [0.25, 0.3) is 11.3 Å². The monoisotopic (exact) mass is 262 g/mol. The highest BCUT2D eigenvalue weighted by molar-refractivity contribution is 7.12. The first kappa shape index (κ1) is 11.8. The number of nitrogens with zero attached hydrogens (tertiary/aromatic N) is 1. The molecule has 0 radical (unpaired) electrons. The summed E-state index contributed by atoms with van der Waals surface area (Å²) in [5.74, 6) is -0.169. The van der Waals surface area contributed by atoms with Crippen molar-refractivity contribution in [3.63, 3.8) is 0 Å². The third-order valence-corrected chi connectivity index (χ3v) is 4.45. The van der Waals surface area contributed by atoms with E-state index in [0.717, 1.165) is 41.1 Å². The van der Waals surface area contributed by atoms with Crippen molar-refractivity contribution in [2.75, 3.05) is 0 Å². The molecule has 0 spiro atoms. The Kier molecular flexibility index (Phi) is 2.92. The van der Waals surface area contributed by atoms with Gasteiger partial charge in [0.1, 0.15) is 5.82 Å². The maximum absolute atomic E-state index is 13.2. The molecular weight excluding hydrogens is 247 g/mol. The zero-order valence-corrected chi connectivity index (χ0v) is 11.1. The summed E-state index contributed by atoms with van der Waals surface area (Å²) in [7, 11) is 0. The molecule has 0 aliphatic heterocycles. The predicted octanol–water partition coefficient (Wildman–Crippen LogP) is 3.13. The van der Waals surface area contributed by atoms with Crippen molar-refractivity contribution >= 4 is 11.3 Å². The van der Waals surface area contributed by atoms with E-state index in [1.807, 2.05) is 6.07 Å². The Bertz CT molecular complexity index is 591. The zero-order chi connectivity index (χ0) is 12.7. The van der Waals surface area contributed by atoms with E-state index < -0.39 is 0 Å². The Morgan fingerprint density at radius 1 is 1.50 bits per heavy atom. The highest BCUT2D eigenvalue weighted by Gasteiger charge is 2.23. The van der Waals surface area contributed by atoms with Crippen LogP contribution in [0.4, 0.5) is 4.39 Å². The molecule has 0 saturated heterocycles. The van der Waals surface area contributed by atoms with Gasteiger partial charge in [-0.2, -0.15) is 0 Å². The molecule has 1 aliphatic rings. The fourth-order valence-corrected chi connectivity index (χ4v) is 3.50. The van der Waals surface area contributed by atoms with Crippen molar-refractivity contribution in [1.82, 2.24) is 4.98 Å². The van der Waals surface area contributed by atoms with E-state index in [4.69, 9.17) is 5.73 Å². The highest BCUT2D eigenvalue weighted by atomic mass is 32.1. The van der Waals surface area contributed by atoms with E-state index in [1.54, 1.807) is 17.4 Å². The van der Waals surface area contributed by atoms with Gasteiger partial charge >= 0.3 is 0 Å². The van der Waals surface area contributed by atoms with Crippen molar-refractivity contribution in [3.05, 3.63) is 39.5 Å². The van der Waals surface area contributed by atoms with Crippen LogP contribution in [0.3, 0.4) is 0 Å². The molecule has 1 atom stereocenters. The summed E-state index contributed by atoms with van der Waals surface area (Å²) in [6.07, 6.45) is 2.61. The predicted molar refractivity (Wildman–Crippen MR) is 72.3 cm³/mol. The van der Waals surface area contributed by atoms with Gasteiger partial charge < -0.3 is 5.73 Å². The van der Waals surface area contributed by atoms with Crippen LogP contribution < -0.4 is 5.73 Å². The SMILES string of the molecule is CCC(N)Cc1nc2c(s1)Cc1cc(F)ccc1-2. The second-order valence-corrected chi connectivity index (χ2v) is 5.90. The van der Waals surface area contributed by atoms with Gasteiger partial charge in [0, 0.05) is 29.3 Å². The summed E-state index contributed by atoms with van der Waals surface area (Å²) in [5.41, 5.74) is 9.12. The molecule has 0 fully saturated rings. The Labute approximate surface area is 110 Å². The topological polar surface area (TPSA) is 38.9 Å². The number of benzene rings is 1. The first-order chi connectivity index (χ1) is 8.67. The molecule has 3 rings (SSSR count). The molecule has 0 saturated carbocycles. The summed E-state index contributed by atoms with van der Waals surface area (Å²) < 4.78 is 13.2. The summed E-state index contributed by atoms with van der Waals surface area (Å²) in [6, 6.07) is 5.13. The van der Waals surface area contributed by atoms with Crippen LogP contribution in [0.1, 0.15) is 28.8 Å². The lowest BCUT2D eigenvalue weighted by Gasteiger charge is -2.05. The lowest BCUT2D eigenvalue weighted by Crippen LogP contribution is -2.21. The Balaban J connectivity index is 1.93. The number of thiazole rings is 1. The molecule has 2 aromatic rings. The molecule has 1 aromatic heterocycles. The Morgan fingerprint density at radius 3 is 3.11 bits per heavy atom. The van der Waals surface area contributed by atoms with Crippen LogP contribution in [-0.4, -0.2) is 11.0 Å². The van der Waals surface area contributed by atoms with E-state index in [2.05, 4.69) is 11.9 Å². The Hall–Kier alpha value is -1.26. The lowest BCUT2D eigenvalue weighted by atomic mass is 10.1. The van der Waals surface area contributed by atoms with E-state index in [1.165, 1.54) is 10.9 Å². The molecule has 0 amide bonds. The number of halogens is 1. The average molecular weight is 262 g/mol. The van der Waals surface area contributed by atoms with Crippen molar-refractivity contribution in [1.29, 1.82) is 0 Å². The van der Waals surface area contributed by atoms with Crippen molar-refractivity contribution < 1.29 is 4.39 Å². The molecule has 94 valence electrons. The van der Waals surface area contributed by atoms with E-state index >= 15 is 0 Å². The fraction of sp³-hybridized carbons (Fsp3) is 0.357. The second kappa shape index (κ2) is 4.44. The second-order valence-electron chi connectivity index (χ2n) is 4.73. The summed E-state index contributed by atoms with van der Waals surface area (Å²) in [4.78, 5) is 5.91. The van der Waals surface area contributed by atoms with Gasteiger partial charge in [-0.3, -0.25) is 0 Å². The van der Waals surface area contributed by atoms with Gasteiger partial charge in [-0.1, -0.05) is 6.92 Å². The minimum atomic E-state index is -0.169. The first-order valence-electron chi connectivity index (χ1n) is 6.20. The molecule has 1 unspecified atom stereocenters. The normalized spacial score (nSPS) is 14.4. The fourth-order valence-electron chi connectivity index (χ4n) is 2.30. The van der Waals surface area contributed by atoms with Gasteiger partial charge in [-0.15, -0.1) is 11.3 Å². The van der Waals surface area contributed by atoms with Crippen LogP contribution in [0.15, 0.2) is 18.2 Å². The smallest absolute Gasteiger partial charge is 0.123 e. The Morgan fingerprint density at radius 2 is 2.33 bits per heavy atom. The number of nitrogens with two attached hydrogens (primary N) is 1. The molecule has 4 heteroatoms. The minimum absolute atomic E-state index is 0.169. The number of hydrogen-bond acceptors (Lipinski definition) is 3. The van der Waals surface area contributed by atoms with Crippen molar-refractivity contribution in [2.45, 2.75) is 32.2 Å². The molecule has 18 heavy (non-hydrogen) atoms. The maximum Gasteiger partial charge on any atom is 0.123 e. The van der Waals surface area contributed by atoms with Crippen molar-refractivity contribution in [3.8, 4) is 11.3 Å². The van der Waals surface area contributed by atoms with Crippen LogP contribution >= 0.6 is 11.3 Å². The number of aromatic nitrogens is 1. The van der Waals surface area contributed by atoms with Gasteiger partial charge in [0.25, 0.3) is 0 Å². The molecule has 1 aromatic carbocycles. The number of hydrogen-bond donors (Lipinski definition) is 1. The molecule has 1 aliphatic carbocycles.